The van der Waals surface area contributed by atoms with Crippen LogP contribution in [0.3, 0.4) is 0 Å². The second kappa shape index (κ2) is 9.08. The van der Waals surface area contributed by atoms with E-state index in [1.807, 2.05) is 24.3 Å². The number of aliphatic hydroxyl groups is 1. The number of ketones is 1. The molecule has 1 atom stereocenters. The summed E-state index contributed by atoms with van der Waals surface area (Å²) in [6.07, 6.45) is 1.41. The first-order valence-electron chi connectivity index (χ1n) is 10.8. The third-order valence-corrected chi connectivity index (χ3v) is 6.12. The number of nitrogens with one attached hydrogen (secondary N) is 1. The number of hydrogen-bond donors (Lipinski definition) is 2. The molecule has 7 heteroatoms. The highest BCUT2D eigenvalue weighted by Gasteiger charge is 2.44. The maximum atomic E-state index is 13.2. The minimum absolute atomic E-state index is 0.0780. The van der Waals surface area contributed by atoms with Gasteiger partial charge in [0, 0.05) is 0 Å². The van der Waals surface area contributed by atoms with Crippen LogP contribution in [0.5, 0.6) is 0 Å². The molecular formula is C24H29N2O5+. The van der Waals surface area contributed by atoms with E-state index in [1.54, 1.807) is 17.0 Å². The fraction of sp³-hybridized carbons (Fsp3) is 0.417. The molecule has 1 amide bonds. The lowest BCUT2D eigenvalue weighted by molar-refractivity contribution is -0.907. The average molecular weight is 426 g/mol. The number of hydrogen-bond acceptors (Lipinski definition) is 5. The Morgan fingerprint density at radius 1 is 1.19 bits per heavy atom. The van der Waals surface area contributed by atoms with Gasteiger partial charge in [-0.15, -0.1) is 0 Å². The molecule has 3 heterocycles. The second-order valence-electron chi connectivity index (χ2n) is 8.40. The molecule has 0 saturated carbocycles. The SMILES string of the molecule is CC(C)c1ccc([C@@H]2C(C(=O)c3ccco3)=C(O)C(=O)N2CC[NH+]2CCOCC2)cc1. The molecule has 2 aliphatic rings. The molecule has 2 N–H and O–H groups in total. The number of amides is 1. The molecule has 31 heavy (non-hydrogen) atoms. The van der Waals surface area contributed by atoms with Crippen LogP contribution in [0.1, 0.15) is 47.5 Å². The van der Waals surface area contributed by atoms with Crippen molar-refractivity contribution >= 4 is 11.7 Å². The number of carbonyl (C=O) groups is 2. The maximum Gasteiger partial charge on any atom is 0.290 e. The van der Waals surface area contributed by atoms with E-state index < -0.39 is 23.5 Å². The van der Waals surface area contributed by atoms with Gasteiger partial charge < -0.3 is 24.1 Å². The molecular weight excluding hydrogens is 396 g/mol. The number of rotatable bonds is 7. The molecule has 1 aromatic carbocycles. The first-order chi connectivity index (χ1) is 15.0. The zero-order chi connectivity index (χ0) is 22.0. The van der Waals surface area contributed by atoms with Crippen molar-refractivity contribution in [2.45, 2.75) is 25.8 Å². The Bertz CT molecular complexity index is 956. The molecule has 1 fully saturated rings. The van der Waals surface area contributed by atoms with Gasteiger partial charge in [0.15, 0.2) is 11.5 Å². The standard InChI is InChI=1S/C24H28N2O5/c1-16(2)17-5-7-18(8-6-17)21-20(22(27)19-4-3-13-31-19)23(28)24(29)26(21)10-9-25-11-14-30-15-12-25/h3-8,13,16,21,28H,9-12,14-15H2,1-2H3/p+1/t21-/m1/s1. The van der Waals surface area contributed by atoms with E-state index in [0.29, 0.717) is 25.7 Å². The van der Waals surface area contributed by atoms with Crippen molar-refractivity contribution in [1.29, 1.82) is 0 Å². The summed E-state index contributed by atoms with van der Waals surface area (Å²) in [5.41, 5.74) is 2.05. The summed E-state index contributed by atoms with van der Waals surface area (Å²) in [5.74, 6) is -0.987. The highest BCUT2D eigenvalue weighted by atomic mass is 16.5. The van der Waals surface area contributed by atoms with Crippen molar-refractivity contribution in [2.75, 3.05) is 39.4 Å². The van der Waals surface area contributed by atoms with Crippen LogP contribution in [-0.4, -0.2) is 61.1 Å². The summed E-state index contributed by atoms with van der Waals surface area (Å²) in [7, 11) is 0. The van der Waals surface area contributed by atoms with Gasteiger partial charge in [-0.3, -0.25) is 9.59 Å². The van der Waals surface area contributed by atoms with Crippen molar-refractivity contribution in [3.63, 3.8) is 0 Å². The average Bonchev–Trinajstić information content (AvgIpc) is 3.41. The number of ether oxygens (including phenoxy) is 1. The molecule has 1 saturated heterocycles. The van der Waals surface area contributed by atoms with Gasteiger partial charge in [0.25, 0.3) is 5.91 Å². The third kappa shape index (κ3) is 4.29. The zero-order valence-corrected chi connectivity index (χ0v) is 18.0. The predicted molar refractivity (Wildman–Crippen MR) is 114 cm³/mol. The van der Waals surface area contributed by atoms with Crippen LogP contribution in [0.25, 0.3) is 0 Å². The molecule has 164 valence electrons. The Labute approximate surface area is 181 Å². The molecule has 4 rings (SSSR count). The fourth-order valence-corrected chi connectivity index (χ4v) is 4.26. The van der Waals surface area contributed by atoms with Gasteiger partial charge >= 0.3 is 0 Å². The molecule has 1 aromatic heterocycles. The van der Waals surface area contributed by atoms with Crippen LogP contribution in [0, 0.1) is 0 Å². The van der Waals surface area contributed by atoms with Gasteiger partial charge in [-0.25, -0.2) is 0 Å². The number of benzene rings is 1. The Hall–Kier alpha value is -2.90. The fourth-order valence-electron chi connectivity index (χ4n) is 4.26. The van der Waals surface area contributed by atoms with Crippen LogP contribution >= 0.6 is 0 Å². The molecule has 0 bridgehead atoms. The summed E-state index contributed by atoms with van der Waals surface area (Å²) < 4.78 is 10.7. The van der Waals surface area contributed by atoms with Crippen molar-refractivity contribution in [3.8, 4) is 0 Å². The van der Waals surface area contributed by atoms with E-state index in [-0.39, 0.29) is 11.3 Å². The topological polar surface area (TPSA) is 84.4 Å². The maximum absolute atomic E-state index is 13.2. The van der Waals surface area contributed by atoms with Crippen LogP contribution in [0.15, 0.2) is 58.4 Å². The molecule has 0 radical (unpaired) electrons. The normalized spacial score (nSPS) is 20.2. The predicted octanol–water partition coefficient (Wildman–Crippen LogP) is 1.90. The third-order valence-electron chi connectivity index (χ3n) is 6.12. The summed E-state index contributed by atoms with van der Waals surface area (Å²) in [4.78, 5) is 29.1. The van der Waals surface area contributed by atoms with E-state index in [1.165, 1.54) is 16.7 Å². The minimum Gasteiger partial charge on any atom is -0.503 e. The van der Waals surface area contributed by atoms with Crippen molar-refractivity contribution < 1.29 is 28.7 Å². The number of nitrogens with zero attached hydrogens (tertiary/aromatic N) is 1. The Morgan fingerprint density at radius 2 is 1.90 bits per heavy atom. The number of furan rings is 1. The quantitative estimate of drug-likeness (QED) is 0.662. The lowest BCUT2D eigenvalue weighted by Gasteiger charge is -2.30. The first kappa shape index (κ1) is 21.3. The highest BCUT2D eigenvalue weighted by Crippen LogP contribution is 2.39. The first-order valence-corrected chi connectivity index (χ1v) is 10.8. The lowest BCUT2D eigenvalue weighted by atomic mass is 9.93. The van der Waals surface area contributed by atoms with Gasteiger partial charge in [0.1, 0.15) is 13.1 Å². The van der Waals surface area contributed by atoms with E-state index in [9.17, 15) is 14.7 Å². The number of morpholine rings is 1. The summed E-state index contributed by atoms with van der Waals surface area (Å²) in [6.45, 7) is 8.56. The van der Waals surface area contributed by atoms with Gasteiger partial charge in [-0.2, -0.15) is 0 Å². The highest BCUT2D eigenvalue weighted by molar-refractivity contribution is 6.15. The van der Waals surface area contributed by atoms with Crippen LogP contribution in [-0.2, 0) is 9.53 Å². The van der Waals surface area contributed by atoms with Gasteiger partial charge in [0.2, 0.25) is 5.78 Å². The summed E-state index contributed by atoms with van der Waals surface area (Å²) >= 11 is 0. The van der Waals surface area contributed by atoms with Gasteiger partial charge in [0.05, 0.1) is 44.2 Å². The Kier molecular flexibility index (Phi) is 6.25. The second-order valence-corrected chi connectivity index (χ2v) is 8.40. The zero-order valence-electron chi connectivity index (χ0n) is 18.0. The van der Waals surface area contributed by atoms with Gasteiger partial charge in [-0.05, 0) is 29.2 Å². The number of carbonyl (C=O) groups excluding carboxylic acids is 2. The van der Waals surface area contributed by atoms with E-state index in [4.69, 9.17) is 9.15 Å². The van der Waals surface area contributed by atoms with Crippen molar-refractivity contribution in [3.05, 3.63) is 70.9 Å². The van der Waals surface area contributed by atoms with Crippen molar-refractivity contribution in [1.82, 2.24) is 4.90 Å². The summed E-state index contributed by atoms with van der Waals surface area (Å²) in [5, 5.41) is 10.7. The Morgan fingerprint density at radius 3 is 2.52 bits per heavy atom. The molecule has 0 unspecified atom stereocenters. The lowest BCUT2D eigenvalue weighted by Crippen LogP contribution is -3.14. The molecule has 2 aromatic rings. The number of Topliss-reactive ketones (excluding diaryl/α,β-unsaturated/α-hetero) is 1. The van der Waals surface area contributed by atoms with Crippen LogP contribution in [0.4, 0.5) is 0 Å². The monoisotopic (exact) mass is 425 g/mol. The molecule has 7 nitrogen and oxygen atoms in total. The molecule has 2 aliphatic heterocycles. The number of quaternary nitrogens is 1. The molecule has 0 spiro atoms. The van der Waals surface area contributed by atoms with Crippen molar-refractivity contribution in [2.24, 2.45) is 0 Å². The van der Waals surface area contributed by atoms with Crippen LogP contribution in [0.2, 0.25) is 0 Å². The number of aliphatic hydroxyl groups excluding tert-OH is 1. The van der Waals surface area contributed by atoms with E-state index in [2.05, 4.69) is 13.8 Å². The summed E-state index contributed by atoms with van der Waals surface area (Å²) in [6, 6.07) is 10.4. The van der Waals surface area contributed by atoms with Gasteiger partial charge in [-0.1, -0.05) is 38.1 Å². The smallest absolute Gasteiger partial charge is 0.290 e. The minimum atomic E-state index is -0.647. The largest absolute Gasteiger partial charge is 0.503 e. The van der Waals surface area contributed by atoms with E-state index in [0.717, 1.165) is 25.2 Å². The molecule has 0 aliphatic carbocycles. The van der Waals surface area contributed by atoms with Crippen LogP contribution < -0.4 is 4.90 Å². The van der Waals surface area contributed by atoms with E-state index >= 15 is 0 Å². The Balaban J connectivity index is 1.66.